The molecule has 92 valence electrons. The molecule has 0 fully saturated rings. The highest BCUT2D eigenvalue weighted by atomic mass is 16.4. The Morgan fingerprint density at radius 1 is 1.39 bits per heavy atom. The predicted molar refractivity (Wildman–Crippen MR) is 67.5 cm³/mol. The third-order valence-corrected chi connectivity index (χ3v) is 2.45. The first kappa shape index (κ1) is 12.0. The van der Waals surface area contributed by atoms with Gasteiger partial charge in [-0.25, -0.2) is 9.78 Å². The number of aryl methyl sites for hydroxylation is 1. The van der Waals surface area contributed by atoms with Crippen LogP contribution in [0.4, 0.5) is 5.82 Å². The van der Waals surface area contributed by atoms with E-state index in [1.54, 1.807) is 24.5 Å². The number of rotatable bonds is 4. The Hall–Kier alpha value is -2.43. The van der Waals surface area contributed by atoms with Gasteiger partial charge in [-0.3, -0.25) is 4.98 Å². The standard InChI is InChI=1S/C13H13N3O2/c1-9-4-5-11(13(17)18)12(16-9)15-8-10-3-2-6-14-7-10/h2-7H,8H2,1H3,(H,15,16)(H,17,18). The highest BCUT2D eigenvalue weighted by Crippen LogP contribution is 2.14. The van der Waals surface area contributed by atoms with Crippen LogP contribution in [0.2, 0.25) is 0 Å². The van der Waals surface area contributed by atoms with Gasteiger partial charge >= 0.3 is 5.97 Å². The van der Waals surface area contributed by atoms with Crippen LogP contribution in [0, 0.1) is 6.92 Å². The van der Waals surface area contributed by atoms with Gasteiger partial charge in [-0.15, -0.1) is 0 Å². The third kappa shape index (κ3) is 2.82. The van der Waals surface area contributed by atoms with Gasteiger partial charge in [0.1, 0.15) is 11.4 Å². The summed E-state index contributed by atoms with van der Waals surface area (Å²) in [7, 11) is 0. The van der Waals surface area contributed by atoms with Crippen molar-refractivity contribution in [3.05, 3.63) is 53.5 Å². The lowest BCUT2D eigenvalue weighted by Crippen LogP contribution is -2.09. The summed E-state index contributed by atoms with van der Waals surface area (Å²) in [5.74, 6) is -0.609. The molecule has 2 aromatic heterocycles. The van der Waals surface area contributed by atoms with Gasteiger partial charge in [0, 0.05) is 24.6 Å². The van der Waals surface area contributed by atoms with Crippen LogP contribution in [-0.4, -0.2) is 21.0 Å². The summed E-state index contributed by atoms with van der Waals surface area (Å²) in [4.78, 5) is 19.2. The summed E-state index contributed by atoms with van der Waals surface area (Å²) in [6.07, 6.45) is 3.42. The van der Waals surface area contributed by atoms with Gasteiger partial charge < -0.3 is 10.4 Å². The highest BCUT2D eigenvalue weighted by Gasteiger charge is 2.11. The van der Waals surface area contributed by atoms with Crippen molar-refractivity contribution < 1.29 is 9.90 Å². The molecule has 2 aromatic rings. The van der Waals surface area contributed by atoms with Gasteiger partial charge in [0.2, 0.25) is 0 Å². The molecule has 0 aromatic carbocycles. The summed E-state index contributed by atoms with van der Waals surface area (Å²) >= 11 is 0. The number of hydrogen-bond acceptors (Lipinski definition) is 4. The fourth-order valence-electron chi connectivity index (χ4n) is 1.55. The molecule has 0 saturated carbocycles. The summed E-state index contributed by atoms with van der Waals surface area (Å²) < 4.78 is 0. The molecule has 0 atom stereocenters. The van der Waals surface area contributed by atoms with E-state index in [1.165, 1.54) is 0 Å². The minimum absolute atomic E-state index is 0.171. The van der Waals surface area contributed by atoms with Crippen molar-refractivity contribution in [2.45, 2.75) is 13.5 Å². The maximum absolute atomic E-state index is 11.1. The van der Waals surface area contributed by atoms with Crippen LogP contribution in [0.15, 0.2) is 36.7 Å². The topological polar surface area (TPSA) is 75.1 Å². The van der Waals surface area contributed by atoms with Gasteiger partial charge in [0.25, 0.3) is 0 Å². The molecule has 5 nitrogen and oxygen atoms in total. The van der Waals surface area contributed by atoms with E-state index in [0.717, 1.165) is 11.3 Å². The number of pyridine rings is 2. The molecule has 18 heavy (non-hydrogen) atoms. The number of carboxylic acid groups (broad SMARTS) is 1. The SMILES string of the molecule is Cc1ccc(C(=O)O)c(NCc2cccnc2)n1. The molecule has 0 amide bonds. The average molecular weight is 243 g/mol. The van der Waals surface area contributed by atoms with E-state index < -0.39 is 5.97 Å². The number of carbonyl (C=O) groups is 1. The lowest BCUT2D eigenvalue weighted by molar-refractivity contribution is 0.0697. The van der Waals surface area contributed by atoms with Crippen molar-refractivity contribution in [3.63, 3.8) is 0 Å². The summed E-state index contributed by atoms with van der Waals surface area (Å²) in [5, 5.41) is 12.1. The van der Waals surface area contributed by atoms with Crippen molar-refractivity contribution >= 4 is 11.8 Å². The molecule has 2 heterocycles. The monoisotopic (exact) mass is 243 g/mol. The molecule has 0 aliphatic rings. The average Bonchev–Trinajstić information content (AvgIpc) is 2.37. The Kier molecular flexibility index (Phi) is 3.52. The molecular formula is C13H13N3O2. The molecule has 0 saturated heterocycles. The molecular weight excluding hydrogens is 230 g/mol. The van der Waals surface area contributed by atoms with Crippen LogP contribution in [0.25, 0.3) is 0 Å². The van der Waals surface area contributed by atoms with E-state index in [2.05, 4.69) is 15.3 Å². The van der Waals surface area contributed by atoms with Crippen LogP contribution >= 0.6 is 0 Å². The largest absolute Gasteiger partial charge is 0.478 e. The molecule has 0 unspecified atom stereocenters. The van der Waals surface area contributed by atoms with Crippen molar-refractivity contribution in [2.75, 3.05) is 5.32 Å². The smallest absolute Gasteiger partial charge is 0.339 e. The Balaban J connectivity index is 2.18. The number of aromatic carboxylic acids is 1. The number of nitrogens with one attached hydrogen (secondary N) is 1. The lowest BCUT2D eigenvalue weighted by atomic mass is 10.2. The zero-order valence-corrected chi connectivity index (χ0v) is 9.92. The van der Waals surface area contributed by atoms with Crippen molar-refractivity contribution in [1.82, 2.24) is 9.97 Å². The molecule has 0 aliphatic heterocycles. The van der Waals surface area contributed by atoms with E-state index >= 15 is 0 Å². The molecule has 2 rings (SSSR count). The van der Waals surface area contributed by atoms with Gasteiger partial charge in [-0.05, 0) is 30.7 Å². The fraction of sp³-hybridized carbons (Fsp3) is 0.154. The zero-order valence-electron chi connectivity index (χ0n) is 9.92. The quantitative estimate of drug-likeness (QED) is 0.860. The van der Waals surface area contributed by atoms with Gasteiger partial charge in [-0.2, -0.15) is 0 Å². The van der Waals surface area contributed by atoms with Crippen LogP contribution in [0.5, 0.6) is 0 Å². The van der Waals surface area contributed by atoms with Crippen LogP contribution in [0.3, 0.4) is 0 Å². The van der Waals surface area contributed by atoms with E-state index in [0.29, 0.717) is 12.4 Å². The predicted octanol–water partition coefficient (Wildman–Crippen LogP) is 2.10. The Labute approximate surface area is 105 Å². The number of aromatic nitrogens is 2. The molecule has 5 heteroatoms. The summed E-state index contributed by atoms with van der Waals surface area (Å²) in [5.41, 5.74) is 1.91. The Morgan fingerprint density at radius 2 is 2.22 bits per heavy atom. The van der Waals surface area contributed by atoms with Gasteiger partial charge in [0.15, 0.2) is 0 Å². The highest BCUT2D eigenvalue weighted by molar-refractivity contribution is 5.93. The number of carboxylic acids is 1. The first-order valence-corrected chi connectivity index (χ1v) is 5.50. The van der Waals surface area contributed by atoms with Crippen molar-refractivity contribution in [2.24, 2.45) is 0 Å². The Morgan fingerprint density at radius 3 is 2.89 bits per heavy atom. The summed E-state index contributed by atoms with van der Waals surface area (Å²) in [6, 6.07) is 6.98. The first-order chi connectivity index (χ1) is 8.66. The van der Waals surface area contributed by atoms with Gasteiger partial charge in [0.05, 0.1) is 0 Å². The summed E-state index contributed by atoms with van der Waals surface area (Å²) in [6.45, 7) is 2.31. The first-order valence-electron chi connectivity index (χ1n) is 5.50. The normalized spacial score (nSPS) is 10.1. The number of hydrogen-bond donors (Lipinski definition) is 2. The minimum Gasteiger partial charge on any atom is -0.478 e. The van der Waals surface area contributed by atoms with E-state index in [-0.39, 0.29) is 5.56 Å². The maximum atomic E-state index is 11.1. The van der Waals surface area contributed by atoms with E-state index in [9.17, 15) is 4.79 Å². The van der Waals surface area contributed by atoms with E-state index in [1.807, 2.05) is 19.1 Å². The Bertz CT molecular complexity index is 555. The van der Waals surface area contributed by atoms with Crippen LogP contribution in [-0.2, 0) is 6.54 Å². The minimum atomic E-state index is -0.990. The van der Waals surface area contributed by atoms with Crippen molar-refractivity contribution in [3.8, 4) is 0 Å². The molecule has 0 spiro atoms. The second-order valence-corrected chi connectivity index (χ2v) is 3.87. The third-order valence-electron chi connectivity index (χ3n) is 2.45. The molecule has 2 N–H and O–H groups in total. The molecule has 0 aliphatic carbocycles. The molecule has 0 radical (unpaired) electrons. The van der Waals surface area contributed by atoms with E-state index in [4.69, 9.17) is 5.11 Å². The number of anilines is 1. The second-order valence-electron chi connectivity index (χ2n) is 3.87. The fourth-order valence-corrected chi connectivity index (χ4v) is 1.55. The molecule has 0 bridgehead atoms. The van der Waals surface area contributed by atoms with Crippen LogP contribution < -0.4 is 5.32 Å². The van der Waals surface area contributed by atoms with Gasteiger partial charge in [-0.1, -0.05) is 6.07 Å². The lowest BCUT2D eigenvalue weighted by Gasteiger charge is -2.09. The maximum Gasteiger partial charge on any atom is 0.339 e. The second kappa shape index (κ2) is 5.27. The zero-order chi connectivity index (χ0) is 13.0. The van der Waals surface area contributed by atoms with Crippen molar-refractivity contribution in [1.29, 1.82) is 0 Å². The van der Waals surface area contributed by atoms with Crippen LogP contribution in [0.1, 0.15) is 21.6 Å². The number of nitrogens with zero attached hydrogens (tertiary/aromatic N) is 2.